The zero-order chi connectivity index (χ0) is 21.6. The van der Waals surface area contributed by atoms with Crippen molar-refractivity contribution in [3.8, 4) is 0 Å². The minimum Gasteiger partial charge on any atom is -0.374 e. The molecule has 3 rings (SSSR count). The van der Waals surface area contributed by atoms with Gasteiger partial charge in [0.25, 0.3) is 5.91 Å². The molecule has 0 aliphatic rings. The fourth-order valence-electron chi connectivity index (χ4n) is 2.74. The van der Waals surface area contributed by atoms with Crippen LogP contribution in [0.4, 0.5) is 30.2 Å². The SMILES string of the molecule is O=C(CNc1ccccc1NC(=O)c1ccccc1)Nc1ccccc1C(F)(F)F. The molecule has 0 spiro atoms. The van der Waals surface area contributed by atoms with Crippen LogP contribution in [0.15, 0.2) is 78.9 Å². The Balaban J connectivity index is 1.66. The summed E-state index contributed by atoms with van der Waals surface area (Å²) in [5.41, 5.74) is 0.126. The molecule has 0 saturated carbocycles. The van der Waals surface area contributed by atoms with Crippen LogP contribution in [0.3, 0.4) is 0 Å². The van der Waals surface area contributed by atoms with Crippen molar-refractivity contribution in [2.45, 2.75) is 6.18 Å². The third-order valence-corrected chi connectivity index (χ3v) is 4.16. The average molecular weight is 413 g/mol. The number of anilines is 3. The third kappa shape index (κ3) is 5.38. The first-order chi connectivity index (χ1) is 14.3. The molecule has 2 amide bonds. The van der Waals surface area contributed by atoms with Crippen LogP contribution in [0.2, 0.25) is 0 Å². The van der Waals surface area contributed by atoms with Crippen LogP contribution in [0.1, 0.15) is 15.9 Å². The predicted octanol–water partition coefficient (Wildman–Crippen LogP) is 5.01. The Morgan fingerprint density at radius 1 is 0.700 bits per heavy atom. The number of alkyl halides is 3. The maximum absolute atomic E-state index is 13.1. The quantitative estimate of drug-likeness (QED) is 0.532. The Labute approximate surface area is 170 Å². The molecule has 0 radical (unpaired) electrons. The van der Waals surface area contributed by atoms with E-state index in [0.717, 1.165) is 6.07 Å². The van der Waals surface area contributed by atoms with Crippen LogP contribution in [0.5, 0.6) is 0 Å². The fourth-order valence-corrected chi connectivity index (χ4v) is 2.74. The summed E-state index contributed by atoms with van der Waals surface area (Å²) in [4.78, 5) is 24.5. The van der Waals surface area contributed by atoms with Crippen LogP contribution < -0.4 is 16.0 Å². The van der Waals surface area contributed by atoms with Crippen molar-refractivity contribution < 1.29 is 22.8 Å². The normalized spacial score (nSPS) is 10.9. The maximum Gasteiger partial charge on any atom is 0.418 e. The Kier molecular flexibility index (Phi) is 6.36. The van der Waals surface area contributed by atoms with E-state index >= 15 is 0 Å². The monoisotopic (exact) mass is 413 g/mol. The van der Waals surface area contributed by atoms with Crippen LogP contribution >= 0.6 is 0 Å². The van der Waals surface area contributed by atoms with Gasteiger partial charge in [0.05, 0.1) is 29.2 Å². The fraction of sp³-hybridized carbons (Fsp3) is 0.0909. The number of hydrogen-bond acceptors (Lipinski definition) is 3. The molecular weight excluding hydrogens is 395 g/mol. The highest BCUT2D eigenvalue weighted by Crippen LogP contribution is 2.34. The average Bonchev–Trinajstić information content (AvgIpc) is 2.73. The summed E-state index contributed by atoms with van der Waals surface area (Å²) in [6.07, 6.45) is -4.58. The van der Waals surface area contributed by atoms with Crippen molar-refractivity contribution in [2.24, 2.45) is 0 Å². The zero-order valence-electron chi connectivity index (χ0n) is 15.7. The highest BCUT2D eigenvalue weighted by molar-refractivity contribution is 6.06. The van der Waals surface area contributed by atoms with Crippen LogP contribution in [0, 0.1) is 0 Å². The van der Waals surface area contributed by atoms with Crippen molar-refractivity contribution in [1.82, 2.24) is 0 Å². The number of halogens is 3. The van der Waals surface area contributed by atoms with Gasteiger partial charge >= 0.3 is 6.18 Å². The van der Waals surface area contributed by atoms with E-state index in [1.807, 2.05) is 0 Å². The molecule has 154 valence electrons. The number of para-hydroxylation sites is 3. The molecule has 0 bridgehead atoms. The minimum absolute atomic E-state index is 0.287. The van der Waals surface area contributed by atoms with Gasteiger partial charge in [0, 0.05) is 5.56 Å². The van der Waals surface area contributed by atoms with E-state index in [2.05, 4.69) is 16.0 Å². The minimum atomic E-state index is -4.58. The summed E-state index contributed by atoms with van der Waals surface area (Å²) in [5.74, 6) is -0.982. The Bertz CT molecular complexity index is 1040. The van der Waals surface area contributed by atoms with E-state index in [-0.39, 0.29) is 18.1 Å². The smallest absolute Gasteiger partial charge is 0.374 e. The van der Waals surface area contributed by atoms with Gasteiger partial charge in [0.1, 0.15) is 0 Å². The molecule has 5 nitrogen and oxygen atoms in total. The van der Waals surface area contributed by atoms with Crippen LogP contribution in [-0.2, 0) is 11.0 Å². The molecular formula is C22H18F3N3O2. The van der Waals surface area contributed by atoms with Crippen molar-refractivity contribution >= 4 is 28.9 Å². The molecule has 8 heteroatoms. The lowest BCUT2D eigenvalue weighted by Crippen LogP contribution is -2.24. The summed E-state index contributed by atoms with van der Waals surface area (Å²) in [6, 6.07) is 20.1. The van der Waals surface area contributed by atoms with E-state index in [1.54, 1.807) is 54.6 Å². The number of nitrogens with one attached hydrogen (secondary N) is 3. The maximum atomic E-state index is 13.1. The molecule has 0 aliphatic carbocycles. The highest BCUT2D eigenvalue weighted by Gasteiger charge is 2.33. The van der Waals surface area contributed by atoms with E-state index in [4.69, 9.17) is 0 Å². The predicted molar refractivity (Wildman–Crippen MR) is 109 cm³/mol. The summed E-state index contributed by atoms with van der Waals surface area (Å²) in [7, 11) is 0. The second-order valence-corrected chi connectivity index (χ2v) is 6.31. The van der Waals surface area contributed by atoms with Crippen LogP contribution in [0.25, 0.3) is 0 Å². The van der Waals surface area contributed by atoms with E-state index in [0.29, 0.717) is 16.9 Å². The first kappa shape index (κ1) is 20.9. The first-order valence-electron chi connectivity index (χ1n) is 9.00. The molecule has 30 heavy (non-hydrogen) atoms. The van der Waals surface area contributed by atoms with Gasteiger partial charge in [0.2, 0.25) is 5.91 Å². The molecule has 0 saturated heterocycles. The highest BCUT2D eigenvalue weighted by atomic mass is 19.4. The lowest BCUT2D eigenvalue weighted by atomic mass is 10.1. The molecule has 3 N–H and O–H groups in total. The van der Waals surface area contributed by atoms with Gasteiger partial charge in [-0.1, -0.05) is 42.5 Å². The lowest BCUT2D eigenvalue weighted by molar-refractivity contribution is -0.137. The van der Waals surface area contributed by atoms with Gasteiger partial charge in [-0.05, 0) is 36.4 Å². The van der Waals surface area contributed by atoms with Gasteiger partial charge in [0.15, 0.2) is 0 Å². The summed E-state index contributed by atoms with van der Waals surface area (Å²) in [5, 5.41) is 7.85. The van der Waals surface area contributed by atoms with E-state index in [1.165, 1.54) is 18.2 Å². The molecule has 0 aliphatic heterocycles. The number of benzene rings is 3. The summed E-state index contributed by atoms with van der Waals surface area (Å²) < 4.78 is 39.2. The standard InChI is InChI=1S/C22H18F3N3O2/c23-22(24,25)16-10-4-5-11-17(16)27-20(29)14-26-18-12-6-7-13-19(18)28-21(30)15-8-2-1-3-9-15/h1-13,26H,14H2,(H,27,29)(H,28,30). The Hall–Kier alpha value is -3.81. The first-order valence-corrected chi connectivity index (χ1v) is 9.00. The molecule has 0 aromatic heterocycles. The summed E-state index contributed by atoms with van der Waals surface area (Å²) in [6.45, 7) is -0.287. The molecule has 3 aromatic rings. The second kappa shape index (κ2) is 9.13. The lowest BCUT2D eigenvalue weighted by Gasteiger charge is -2.15. The van der Waals surface area contributed by atoms with Gasteiger partial charge < -0.3 is 16.0 Å². The Morgan fingerprint density at radius 2 is 1.27 bits per heavy atom. The molecule has 0 atom stereocenters. The largest absolute Gasteiger partial charge is 0.418 e. The molecule has 0 heterocycles. The van der Waals surface area contributed by atoms with Crippen molar-refractivity contribution in [3.05, 3.63) is 90.0 Å². The molecule has 0 unspecified atom stereocenters. The number of carbonyl (C=O) groups excluding carboxylic acids is 2. The summed E-state index contributed by atoms with van der Waals surface area (Å²) >= 11 is 0. The van der Waals surface area contributed by atoms with Crippen molar-refractivity contribution in [2.75, 3.05) is 22.5 Å². The number of hydrogen-bond donors (Lipinski definition) is 3. The van der Waals surface area contributed by atoms with Crippen molar-refractivity contribution in [3.63, 3.8) is 0 Å². The van der Waals surface area contributed by atoms with Gasteiger partial charge in [-0.3, -0.25) is 9.59 Å². The zero-order valence-corrected chi connectivity index (χ0v) is 15.7. The van der Waals surface area contributed by atoms with Crippen molar-refractivity contribution in [1.29, 1.82) is 0 Å². The Morgan fingerprint density at radius 3 is 1.93 bits per heavy atom. The topological polar surface area (TPSA) is 70.2 Å². The van der Waals surface area contributed by atoms with Crippen LogP contribution in [-0.4, -0.2) is 18.4 Å². The second-order valence-electron chi connectivity index (χ2n) is 6.31. The van der Waals surface area contributed by atoms with Gasteiger partial charge in [-0.15, -0.1) is 0 Å². The van der Waals surface area contributed by atoms with E-state index in [9.17, 15) is 22.8 Å². The van der Waals surface area contributed by atoms with E-state index < -0.39 is 17.6 Å². The third-order valence-electron chi connectivity index (χ3n) is 4.16. The van der Waals surface area contributed by atoms with Gasteiger partial charge in [-0.25, -0.2) is 0 Å². The number of carbonyl (C=O) groups is 2. The van der Waals surface area contributed by atoms with Gasteiger partial charge in [-0.2, -0.15) is 13.2 Å². The number of amides is 2. The molecule has 0 fully saturated rings. The molecule has 3 aromatic carbocycles. The number of rotatable bonds is 6.